The van der Waals surface area contributed by atoms with Gasteiger partial charge >= 0.3 is 0 Å². The second kappa shape index (κ2) is 6.38. The molecule has 2 heterocycles. The summed E-state index contributed by atoms with van der Waals surface area (Å²) in [6.07, 6.45) is 5.07. The molecule has 1 saturated heterocycles. The normalized spacial score (nSPS) is 23.9. The molecule has 0 bridgehead atoms. The Hall–Kier alpha value is -0.380. The summed E-state index contributed by atoms with van der Waals surface area (Å²) in [5, 5.41) is 9.39. The highest BCUT2D eigenvalue weighted by atomic mass is 32.1. The van der Waals surface area contributed by atoms with E-state index in [-0.39, 0.29) is 0 Å². The van der Waals surface area contributed by atoms with Gasteiger partial charge in [0, 0.05) is 17.0 Å². The fourth-order valence-corrected chi connectivity index (χ4v) is 3.21. The maximum absolute atomic E-state index is 3.76. The Morgan fingerprint density at radius 2 is 2.44 bits per heavy atom. The van der Waals surface area contributed by atoms with Gasteiger partial charge in [0.05, 0.1) is 0 Å². The van der Waals surface area contributed by atoms with Crippen molar-refractivity contribution >= 4 is 11.3 Å². The van der Waals surface area contributed by atoms with E-state index in [0.717, 1.165) is 0 Å². The maximum Gasteiger partial charge on any atom is 0.00896 e. The van der Waals surface area contributed by atoms with Crippen molar-refractivity contribution in [2.45, 2.75) is 44.7 Å². The highest BCUT2D eigenvalue weighted by Crippen LogP contribution is 2.13. The third-order valence-electron chi connectivity index (χ3n) is 3.18. The first-order valence-corrected chi connectivity index (χ1v) is 7.21. The molecular formula is C13H22N2S. The van der Waals surface area contributed by atoms with E-state index in [1.165, 1.54) is 43.6 Å². The fraction of sp³-hybridized carbons (Fsp3) is 0.692. The zero-order valence-electron chi connectivity index (χ0n) is 10.0. The Kier molecular flexibility index (Phi) is 4.82. The molecule has 0 aliphatic carbocycles. The minimum atomic E-state index is 0.599. The first kappa shape index (κ1) is 12.1. The molecule has 3 heteroatoms. The maximum atomic E-state index is 3.76. The van der Waals surface area contributed by atoms with Gasteiger partial charge in [0.15, 0.2) is 0 Å². The Morgan fingerprint density at radius 1 is 1.50 bits per heavy atom. The van der Waals surface area contributed by atoms with Crippen molar-refractivity contribution in [1.82, 2.24) is 10.6 Å². The van der Waals surface area contributed by atoms with E-state index in [4.69, 9.17) is 0 Å². The van der Waals surface area contributed by atoms with Crippen LogP contribution in [0.5, 0.6) is 0 Å². The SMILES string of the molecule is CC(Cc1cccs1)NC1CCCNCC1. The molecule has 1 aliphatic heterocycles. The van der Waals surface area contributed by atoms with E-state index in [9.17, 15) is 0 Å². The van der Waals surface area contributed by atoms with Crippen molar-refractivity contribution in [2.24, 2.45) is 0 Å². The van der Waals surface area contributed by atoms with Crippen molar-refractivity contribution in [2.75, 3.05) is 13.1 Å². The largest absolute Gasteiger partial charge is 0.317 e. The predicted octanol–water partition coefficient (Wildman–Crippen LogP) is 2.41. The van der Waals surface area contributed by atoms with Crippen molar-refractivity contribution < 1.29 is 0 Å². The van der Waals surface area contributed by atoms with E-state index in [1.54, 1.807) is 0 Å². The molecule has 1 aromatic rings. The number of hydrogen-bond donors (Lipinski definition) is 2. The van der Waals surface area contributed by atoms with Crippen LogP contribution in [0.4, 0.5) is 0 Å². The molecule has 2 N–H and O–H groups in total. The van der Waals surface area contributed by atoms with Crippen molar-refractivity contribution in [1.29, 1.82) is 0 Å². The summed E-state index contributed by atoms with van der Waals surface area (Å²) in [6.45, 7) is 4.67. The van der Waals surface area contributed by atoms with Crippen LogP contribution in [0.3, 0.4) is 0 Å². The third-order valence-corrected chi connectivity index (χ3v) is 4.08. The molecule has 2 rings (SSSR count). The molecule has 0 amide bonds. The van der Waals surface area contributed by atoms with Gasteiger partial charge in [-0.25, -0.2) is 0 Å². The second-order valence-electron chi connectivity index (χ2n) is 4.73. The highest BCUT2D eigenvalue weighted by molar-refractivity contribution is 7.09. The molecule has 0 aromatic carbocycles. The lowest BCUT2D eigenvalue weighted by molar-refractivity contribution is 0.413. The van der Waals surface area contributed by atoms with Crippen LogP contribution in [0.2, 0.25) is 0 Å². The van der Waals surface area contributed by atoms with Gasteiger partial charge < -0.3 is 10.6 Å². The summed E-state index contributed by atoms with van der Waals surface area (Å²) in [6, 6.07) is 5.69. The summed E-state index contributed by atoms with van der Waals surface area (Å²) in [7, 11) is 0. The third kappa shape index (κ3) is 3.89. The number of nitrogens with one attached hydrogen (secondary N) is 2. The van der Waals surface area contributed by atoms with Gasteiger partial charge in [0.25, 0.3) is 0 Å². The van der Waals surface area contributed by atoms with Gasteiger partial charge in [-0.3, -0.25) is 0 Å². The van der Waals surface area contributed by atoms with Gasteiger partial charge in [-0.1, -0.05) is 6.07 Å². The van der Waals surface area contributed by atoms with Crippen LogP contribution in [0.15, 0.2) is 17.5 Å². The molecule has 0 spiro atoms. The zero-order chi connectivity index (χ0) is 11.2. The molecule has 0 radical (unpaired) electrons. The lowest BCUT2D eigenvalue weighted by Crippen LogP contribution is -2.38. The van der Waals surface area contributed by atoms with Gasteiger partial charge in [0.1, 0.15) is 0 Å². The zero-order valence-corrected chi connectivity index (χ0v) is 10.9. The molecule has 0 saturated carbocycles. The van der Waals surface area contributed by atoms with Crippen molar-refractivity contribution in [3.8, 4) is 0 Å². The summed E-state index contributed by atoms with van der Waals surface area (Å²) in [5.74, 6) is 0. The van der Waals surface area contributed by atoms with Gasteiger partial charge in [-0.05, 0) is 57.1 Å². The van der Waals surface area contributed by atoms with Crippen LogP contribution in [-0.2, 0) is 6.42 Å². The molecular weight excluding hydrogens is 216 g/mol. The van der Waals surface area contributed by atoms with Crippen LogP contribution in [0, 0.1) is 0 Å². The van der Waals surface area contributed by atoms with Crippen LogP contribution in [0.25, 0.3) is 0 Å². The van der Waals surface area contributed by atoms with Gasteiger partial charge in [0.2, 0.25) is 0 Å². The van der Waals surface area contributed by atoms with Crippen LogP contribution in [0.1, 0.15) is 31.1 Å². The van der Waals surface area contributed by atoms with Crippen LogP contribution < -0.4 is 10.6 Å². The van der Waals surface area contributed by atoms with E-state index < -0.39 is 0 Å². The molecule has 90 valence electrons. The van der Waals surface area contributed by atoms with E-state index >= 15 is 0 Å². The Labute approximate surface area is 102 Å². The van der Waals surface area contributed by atoms with E-state index in [1.807, 2.05) is 11.3 Å². The summed E-state index contributed by atoms with van der Waals surface area (Å²) in [4.78, 5) is 1.49. The fourth-order valence-electron chi connectivity index (χ4n) is 2.38. The topological polar surface area (TPSA) is 24.1 Å². The molecule has 2 nitrogen and oxygen atoms in total. The summed E-state index contributed by atoms with van der Waals surface area (Å²) < 4.78 is 0. The molecule has 1 fully saturated rings. The second-order valence-corrected chi connectivity index (χ2v) is 5.76. The molecule has 2 atom stereocenters. The molecule has 16 heavy (non-hydrogen) atoms. The van der Waals surface area contributed by atoms with E-state index in [2.05, 4.69) is 35.1 Å². The summed E-state index contributed by atoms with van der Waals surface area (Å²) in [5.41, 5.74) is 0. The Bertz CT molecular complexity index is 276. The molecule has 1 aliphatic rings. The highest BCUT2D eigenvalue weighted by Gasteiger charge is 2.14. The Morgan fingerprint density at radius 3 is 3.25 bits per heavy atom. The standard InChI is InChI=1S/C13H22N2S/c1-11(10-13-5-3-9-16-13)15-12-4-2-7-14-8-6-12/h3,5,9,11-12,14-15H,2,4,6-8,10H2,1H3. The Balaban J connectivity index is 1.75. The van der Waals surface area contributed by atoms with Crippen LogP contribution in [-0.4, -0.2) is 25.2 Å². The predicted molar refractivity (Wildman–Crippen MR) is 71.1 cm³/mol. The average Bonchev–Trinajstić information content (AvgIpc) is 2.62. The minimum Gasteiger partial charge on any atom is -0.317 e. The van der Waals surface area contributed by atoms with Crippen molar-refractivity contribution in [3.05, 3.63) is 22.4 Å². The van der Waals surface area contributed by atoms with Crippen LogP contribution >= 0.6 is 11.3 Å². The monoisotopic (exact) mass is 238 g/mol. The smallest absolute Gasteiger partial charge is 0.00896 e. The average molecular weight is 238 g/mol. The quantitative estimate of drug-likeness (QED) is 0.842. The minimum absolute atomic E-state index is 0.599. The lowest BCUT2D eigenvalue weighted by Gasteiger charge is -2.21. The van der Waals surface area contributed by atoms with Crippen molar-refractivity contribution in [3.63, 3.8) is 0 Å². The first-order chi connectivity index (χ1) is 7.84. The lowest BCUT2D eigenvalue weighted by atomic mass is 10.1. The molecule has 1 aromatic heterocycles. The number of hydrogen-bond acceptors (Lipinski definition) is 3. The van der Waals surface area contributed by atoms with Gasteiger partial charge in [-0.2, -0.15) is 0 Å². The number of rotatable bonds is 4. The number of thiophene rings is 1. The molecule has 2 unspecified atom stereocenters. The van der Waals surface area contributed by atoms with Gasteiger partial charge in [-0.15, -0.1) is 11.3 Å². The first-order valence-electron chi connectivity index (χ1n) is 6.34. The summed E-state index contributed by atoms with van der Waals surface area (Å²) >= 11 is 1.87. The van der Waals surface area contributed by atoms with E-state index in [0.29, 0.717) is 12.1 Å².